The van der Waals surface area contributed by atoms with E-state index in [2.05, 4.69) is 43.3 Å². The van der Waals surface area contributed by atoms with Crippen LogP contribution in [0.5, 0.6) is 17.2 Å². The highest BCUT2D eigenvalue weighted by Gasteiger charge is 2.31. The van der Waals surface area contributed by atoms with Gasteiger partial charge in [-0.15, -0.1) is 0 Å². The van der Waals surface area contributed by atoms with Crippen LogP contribution in [-0.2, 0) is 33.5 Å². The molecule has 3 aliphatic heterocycles. The maximum absolute atomic E-state index is 6.46. The second-order valence-corrected chi connectivity index (χ2v) is 11.0. The molecule has 3 saturated heterocycles. The fourth-order valence-corrected chi connectivity index (χ4v) is 4.61. The summed E-state index contributed by atoms with van der Waals surface area (Å²) in [6.07, 6.45) is 3.51. The molecule has 3 aromatic carbocycles. The van der Waals surface area contributed by atoms with E-state index < -0.39 is 5.41 Å². The number of hydrogen-bond acceptors (Lipinski definition) is 6. The van der Waals surface area contributed by atoms with E-state index in [1.807, 2.05) is 36.4 Å². The summed E-state index contributed by atoms with van der Waals surface area (Å²) in [6.45, 7) is 6.00. The molecule has 0 radical (unpaired) electrons. The first kappa shape index (κ1) is 25.2. The molecular weight excluding hydrogens is 480 g/mol. The zero-order chi connectivity index (χ0) is 25.8. The Morgan fingerprint density at radius 1 is 0.553 bits per heavy atom. The van der Waals surface area contributed by atoms with Gasteiger partial charge in [-0.2, -0.15) is 0 Å². The first-order valence-electron chi connectivity index (χ1n) is 13.6. The molecule has 0 bridgehead atoms. The molecule has 6 rings (SSSR count). The molecule has 0 aromatic heterocycles. The minimum Gasteiger partial charge on any atom is -0.492 e. The highest BCUT2D eigenvalue weighted by atomic mass is 16.6. The van der Waals surface area contributed by atoms with E-state index in [0.717, 1.165) is 56.3 Å². The molecule has 0 spiro atoms. The molecule has 3 aliphatic rings. The predicted octanol–water partition coefficient (Wildman–Crippen LogP) is 5.05. The first-order chi connectivity index (χ1) is 18.6. The van der Waals surface area contributed by atoms with E-state index in [1.54, 1.807) is 0 Å². The van der Waals surface area contributed by atoms with Gasteiger partial charge < -0.3 is 28.4 Å². The van der Waals surface area contributed by atoms with Crippen LogP contribution in [0.4, 0.5) is 0 Å². The quantitative estimate of drug-likeness (QED) is 0.263. The Balaban J connectivity index is 1.17. The maximum atomic E-state index is 6.46. The third kappa shape index (κ3) is 7.07. The van der Waals surface area contributed by atoms with Crippen molar-refractivity contribution in [3.8, 4) is 17.2 Å². The van der Waals surface area contributed by atoms with E-state index in [1.165, 1.54) is 16.7 Å². The van der Waals surface area contributed by atoms with Crippen LogP contribution in [0.1, 0.15) is 23.6 Å². The van der Waals surface area contributed by atoms with Gasteiger partial charge in [0.25, 0.3) is 0 Å². The van der Waals surface area contributed by atoms with Crippen LogP contribution >= 0.6 is 0 Å². The lowest BCUT2D eigenvalue weighted by atomic mass is 9.93. The molecule has 38 heavy (non-hydrogen) atoms. The Morgan fingerprint density at radius 3 is 1.13 bits per heavy atom. The lowest BCUT2D eigenvalue weighted by Gasteiger charge is -2.30. The SMILES string of the molecule is CC(COc1ccccc1CC1CO1)(COc1ccccc1CC1CO1)COc1ccccc1CC1CO1. The van der Waals surface area contributed by atoms with Crippen molar-refractivity contribution in [2.24, 2.45) is 5.41 Å². The van der Waals surface area contributed by atoms with Gasteiger partial charge in [-0.3, -0.25) is 0 Å². The molecular formula is C32H36O6. The Hall–Kier alpha value is -3.06. The number of rotatable bonds is 15. The van der Waals surface area contributed by atoms with Gasteiger partial charge in [0, 0.05) is 19.3 Å². The maximum Gasteiger partial charge on any atom is 0.122 e. The summed E-state index contributed by atoms with van der Waals surface area (Å²) in [6, 6.07) is 24.7. The van der Waals surface area contributed by atoms with Crippen molar-refractivity contribution in [3.63, 3.8) is 0 Å². The van der Waals surface area contributed by atoms with Gasteiger partial charge in [-0.25, -0.2) is 0 Å². The van der Waals surface area contributed by atoms with Crippen LogP contribution in [0.3, 0.4) is 0 Å². The van der Waals surface area contributed by atoms with Gasteiger partial charge in [0.2, 0.25) is 0 Å². The van der Waals surface area contributed by atoms with E-state index in [9.17, 15) is 0 Å². The average Bonchev–Trinajstić information content (AvgIpc) is 3.77. The van der Waals surface area contributed by atoms with E-state index in [4.69, 9.17) is 28.4 Å². The summed E-state index contributed by atoms with van der Waals surface area (Å²) in [5, 5.41) is 0. The van der Waals surface area contributed by atoms with Crippen molar-refractivity contribution in [2.45, 2.75) is 44.5 Å². The molecule has 0 amide bonds. The van der Waals surface area contributed by atoms with Gasteiger partial charge in [-0.05, 0) is 41.8 Å². The summed E-state index contributed by atoms with van der Waals surface area (Å²) in [5.74, 6) is 2.69. The molecule has 3 fully saturated rings. The highest BCUT2D eigenvalue weighted by molar-refractivity contribution is 5.36. The number of ether oxygens (including phenoxy) is 6. The molecule has 200 valence electrons. The molecule has 3 aromatic rings. The molecule has 6 nitrogen and oxygen atoms in total. The molecule has 3 unspecified atom stereocenters. The smallest absolute Gasteiger partial charge is 0.122 e. The molecule has 0 N–H and O–H groups in total. The Bertz CT molecular complexity index is 1060. The van der Waals surface area contributed by atoms with E-state index in [-0.39, 0.29) is 0 Å². The molecule has 0 saturated carbocycles. The van der Waals surface area contributed by atoms with Crippen LogP contribution < -0.4 is 14.2 Å². The van der Waals surface area contributed by atoms with Crippen LogP contribution in [0, 0.1) is 5.41 Å². The minimum absolute atomic E-state index is 0.302. The minimum atomic E-state index is -0.407. The molecule has 3 atom stereocenters. The predicted molar refractivity (Wildman–Crippen MR) is 144 cm³/mol. The zero-order valence-electron chi connectivity index (χ0n) is 22.0. The van der Waals surface area contributed by atoms with Gasteiger partial charge in [-0.1, -0.05) is 54.6 Å². The van der Waals surface area contributed by atoms with Crippen molar-refractivity contribution < 1.29 is 28.4 Å². The summed E-state index contributed by atoms with van der Waals surface area (Å²) in [5.41, 5.74) is 3.10. The second-order valence-electron chi connectivity index (χ2n) is 11.0. The summed E-state index contributed by atoms with van der Waals surface area (Å²) in [4.78, 5) is 0. The van der Waals surface area contributed by atoms with Gasteiger partial charge in [0.05, 0.1) is 43.5 Å². The lowest BCUT2D eigenvalue weighted by Crippen LogP contribution is -2.38. The normalized spacial score (nSPS) is 22.8. The highest BCUT2D eigenvalue weighted by Crippen LogP contribution is 2.31. The van der Waals surface area contributed by atoms with Crippen molar-refractivity contribution in [2.75, 3.05) is 39.6 Å². The van der Waals surface area contributed by atoms with Crippen LogP contribution in [0.25, 0.3) is 0 Å². The Morgan fingerprint density at radius 2 is 0.842 bits per heavy atom. The molecule has 3 heterocycles. The molecule has 0 aliphatic carbocycles. The fraction of sp³-hybridized carbons (Fsp3) is 0.438. The van der Waals surface area contributed by atoms with Gasteiger partial charge in [0.1, 0.15) is 37.1 Å². The zero-order valence-corrected chi connectivity index (χ0v) is 22.0. The average molecular weight is 517 g/mol. The van der Waals surface area contributed by atoms with Crippen LogP contribution in [-0.4, -0.2) is 58.0 Å². The fourth-order valence-electron chi connectivity index (χ4n) is 4.61. The van der Waals surface area contributed by atoms with Gasteiger partial charge in [0.15, 0.2) is 0 Å². The third-order valence-corrected chi connectivity index (χ3v) is 7.20. The number of epoxide rings is 3. The van der Waals surface area contributed by atoms with E-state index in [0.29, 0.717) is 38.1 Å². The standard InChI is InChI=1S/C32H36O6/c1-32(20-36-29-11-5-2-8-23(29)14-26-17-33-26,21-37-30-12-6-3-9-24(30)15-27-18-34-27)22-38-31-13-7-4-10-25(31)16-28-19-35-28/h2-13,26-28H,14-22H2,1H3. The lowest BCUT2D eigenvalue weighted by molar-refractivity contribution is 0.0462. The van der Waals surface area contributed by atoms with Gasteiger partial charge >= 0.3 is 0 Å². The number of para-hydroxylation sites is 3. The van der Waals surface area contributed by atoms with Crippen LogP contribution in [0.15, 0.2) is 72.8 Å². The largest absolute Gasteiger partial charge is 0.492 e. The van der Waals surface area contributed by atoms with Crippen molar-refractivity contribution in [3.05, 3.63) is 89.5 Å². The topological polar surface area (TPSA) is 65.3 Å². The summed E-state index contributed by atoms with van der Waals surface area (Å²) in [7, 11) is 0. The summed E-state index contributed by atoms with van der Waals surface area (Å²) >= 11 is 0. The van der Waals surface area contributed by atoms with Crippen LogP contribution in [0.2, 0.25) is 0 Å². The number of hydrogen-bond donors (Lipinski definition) is 0. The Labute approximate surface area is 224 Å². The monoisotopic (exact) mass is 516 g/mol. The van der Waals surface area contributed by atoms with Crippen molar-refractivity contribution in [1.29, 1.82) is 0 Å². The number of benzene rings is 3. The first-order valence-corrected chi connectivity index (χ1v) is 13.6. The Kier molecular flexibility index (Phi) is 7.54. The van der Waals surface area contributed by atoms with Crippen molar-refractivity contribution >= 4 is 0 Å². The summed E-state index contributed by atoms with van der Waals surface area (Å²) < 4.78 is 35.8. The molecule has 6 heteroatoms. The van der Waals surface area contributed by atoms with Crippen molar-refractivity contribution in [1.82, 2.24) is 0 Å². The van der Waals surface area contributed by atoms with E-state index >= 15 is 0 Å². The third-order valence-electron chi connectivity index (χ3n) is 7.20. The second kappa shape index (κ2) is 11.4.